The average molecular weight is 531 g/mol. The Balaban J connectivity index is 0.00000380. The molecule has 4 rings (SSSR count). The number of aliphatic hydroxyl groups is 1. The maximum Gasteiger partial charge on any atom is 0.295 e. The topological polar surface area (TPSA) is 120 Å². The second-order valence-electron chi connectivity index (χ2n) is 8.90. The van der Waals surface area contributed by atoms with Crippen molar-refractivity contribution in [3.8, 4) is 0 Å². The molecule has 1 aromatic carbocycles. The predicted octanol–water partition coefficient (Wildman–Crippen LogP) is 2.11. The number of amides is 1. The molecule has 0 bridgehead atoms. The summed E-state index contributed by atoms with van der Waals surface area (Å²) in [5, 5.41) is 11.2. The number of benzene rings is 1. The fourth-order valence-electron chi connectivity index (χ4n) is 4.44. The first-order valence-corrected chi connectivity index (χ1v) is 13.2. The van der Waals surface area contributed by atoms with Crippen LogP contribution in [0.15, 0.2) is 59.3 Å². The van der Waals surface area contributed by atoms with Gasteiger partial charge in [0.2, 0.25) is 10.0 Å². The molecule has 200 valence electrons. The number of hydrogen-bond donors (Lipinski definition) is 1. The third-order valence-electron chi connectivity index (χ3n) is 6.42. The second kappa shape index (κ2) is 12.0. The Morgan fingerprint density at radius 2 is 1.78 bits per heavy atom. The molecule has 2 saturated heterocycles. The smallest absolute Gasteiger partial charge is 0.295 e. The van der Waals surface area contributed by atoms with Crippen molar-refractivity contribution in [1.82, 2.24) is 19.1 Å². The van der Waals surface area contributed by atoms with E-state index in [0.717, 1.165) is 23.9 Å². The molecule has 2 aliphatic rings. The minimum Gasteiger partial charge on any atom is -0.507 e. The summed E-state index contributed by atoms with van der Waals surface area (Å²) >= 11 is 0. The Morgan fingerprint density at radius 3 is 2.38 bits per heavy atom. The Bertz CT molecular complexity index is 1240. The van der Waals surface area contributed by atoms with E-state index in [-0.39, 0.29) is 29.2 Å². The van der Waals surface area contributed by atoms with Gasteiger partial charge in [0.05, 0.1) is 29.7 Å². The van der Waals surface area contributed by atoms with Gasteiger partial charge in [0.1, 0.15) is 5.76 Å². The zero-order valence-electron chi connectivity index (χ0n) is 20.3. The molecule has 0 saturated carbocycles. The minimum atomic E-state index is -3.65. The van der Waals surface area contributed by atoms with E-state index in [0.29, 0.717) is 31.7 Å². The van der Waals surface area contributed by atoms with Crippen LogP contribution in [0.4, 0.5) is 0 Å². The number of ether oxygens (including phenoxy) is 1. The lowest BCUT2D eigenvalue weighted by atomic mass is 9.96. The normalized spacial score (nSPS) is 20.3. The Labute approximate surface area is 218 Å². The molecule has 2 fully saturated rings. The minimum absolute atomic E-state index is 0. The number of nitrogens with zero attached hydrogens (tertiary/aromatic N) is 4. The largest absolute Gasteiger partial charge is 0.507 e. The highest BCUT2D eigenvalue weighted by atomic mass is 32.2. The first-order valence-electron chi connectivity index (χ1n) is 11.7. The van der Waals surface area contributed by atoms with Crippen molar-refractivity contribution in [3.05, 3.63) is 65.5 Å². The van der Waals surface area contributed by atoms with E-state index >= 15 is 0 Å². The number of ketones is 1. The van der Waals surface area contributed by atoms with Gasteiger partial charge in [0.15, 0.2) is 0 Å². The van der Waals surface area contributed by atoms with Crippen LogP contribution in [0.1, 0.15) is 31.0 Å². The van der Waals surface area contributed by atoms with Crippen LogP contribution in [-0.2, 0) is 24.3 Å². The van der Waals surface area contributed by atoms with Gasteiger partial charge >= 0.3 is 0 Å². The fourth-order valence-corrected chi connectivity index (χ4v) is 5.34. The monoisotopic (exact) mass is 530 g/mol. The molecule has 11 heteroatoms. The number of carbonyl (C=O) groups excluding carboxylic acids is 2. The number of likely N-dealkylation sites (tertiary alicyclic amines) is 1. The van der Waals surface area contributed by atoms with Crippen LogP contribution in [-0.4, -0.2) is 97.8 Å². The third kappa shape index (κ3) is 5.90. The Morgan fingerprint density at radius 1 is 1.11 bits per heavy atom. The molecular formula is C26H34N4O6S. The number of morpholine rings is 1. The van der Waals surface area contributed by atoms with Gasteiger partial charge in [0, 0.05) is 58.2 Å². The summed E-state index contributed by atoms with van der Waals surface area (Å²) in [6, 6.07) is 8.26. The standard InChI is InChI=1S/C25H30N4O6S.CH4/c1-27(2)36(33,34)20-8-6-18(7-9-20)23(30)21-22(19-5-3-10-26-17-19)29(25(32)24(21)31)12-4-11-28-13-15-35-16-14-28;/h3,5-10,17,22,30H,4,11-16H2,1-2H3;1H4. The van der Waals surface area contributed by atoms with Crippen LogP contribution in [0.25, 0.3) is 5.76 Å². The molecule has 3 heterocycles. The van der Waals surface area contributed by atoms with Crippen molar-refractivity contribution < 1.29 is 27.9 Å². The summed E-state index contributed by atoms with van der Waals surface area (Å²) in [5.74, 6) is -1.82. The van der Waals surface area contributed by atoms with Gasteiger partial charge in [-0.2, -0.15) is 0 Å². The van der Waals surface area contributed by atoms with Crippen molar-refractivity contribution in [2.24, 2.45) is 0 Å². The third-order valence-corrected chi connectivity index (χ3v) is 8.25. The van der Waals surface area contributed by atoms with E-state index in [9.17, 15) is 23.1 Å². The zero-order chi connectivity index (χ0) is 25.9. The van der Waals surface area contributed by atoms with Crippen molar-refractivity contribution in [1.29, 1.82) is 0 Å². The van der Waals surface area contributed by atoms with Crippen LogP contribution in [0.3, 0.4) is 0 Å². The molecule has 1 unspecified atom stereocenters. The number of carbonyl (C=O) groups is 2. The van der Waals surface area contributed by atoms with Gasteiger partial charge in [-0.15, -0.1) is 0 Å². The SMILES string of the molecule is C.CN(C)S(=O)(=O)c1ccc(C(O)=C2C(=O)C(=O)N(CCCN3CCOCC3)C2c2cccnc2)cc1. The van der Waals surface area contributed by atoms with Gasteiger partial charge in [0.25, 0.3) is 11.7 Å². The fraction of sp³-hybridized carbons (Fsp3) is 0.423. The molecule has 2 aromatic rings. The van der Waals surface area contributed by atoms with Crippen LogP contribution >= 0.6 is 0 Å². The lowest BCUT2D eigenvalue weighted by molar-refractivity contribution is -0.140. The zero-order valence-corrected chi connectivity index (χ0v) is 21.1. The maximum atomic E-state index is 13.1. The van der Waals surface area contributed by atoms with E-state index in [4.69, 9.17) is 4.74 Å². The number of hydrogen-bond acceptors (Lipinski definition) is 8. The molecule has 0 aliphatic carbocycles. The molecule has 1 aromatic heterocycles. The molecule has 1 amide bonds. The summed E-state index contributed by atoms with van der Waals surface area (Å²) in [4.78, 5) is 34.1. The number of aliphatic hydroxyl groups excluding tert-OH is 1. The first kappa shape index (κ1) is 28.5. The van der Waals surface area contributed by atoms with Crippen LogP contribution in [0.5, 0.6) is 0 Å². The predicted molar refractivity (Wildman–Crippen MR) is 139 cm³/mol. The molecule has 37 heavy (non-hydrogen) atoms. The average Bonchev–Trinajstić information content (AvgIpc) is 3.14. The van der Waals surface area contributed by atoms with Gasteiger partial charge in [-0.1, -0.05) is 13.5 Å². The summed E-state index contributed by atoms with van der Waals surface area (Å²) < 4.78 is 31.2. The molecular weight excluding hydrogens is 496 g/mol. The summed E-state index contributed by atoms with van der Waals surface area (Å²) in [5.41, 5.74) is 0.812. The van der Waals surface area contributed by atoms with Crippen molar-refractivity contribution in [2.45, 2.75) is 24.8 Å². The van der Waals surface area contributed by atoms with Crippen LogP contribution in [0.2, 0.25) is 0 Å². The van der Waals surface area contributed by atoms with E-state index in [1.165, 1.54) is 43.3 Å². The molecule has 2 aliphatic heterocycles. The number of sulfonamides is 1. The number of pyridine rings is 1. The molecule has 10 nitrogen and oxygen atoms in total. The van der Waals surface area contributed by atoms with Gasteiger partial charge < -0.3 is 14.7 Å². The number of rotatable bonds is 8. The quantitative estimate of drug-likeness (QED) is 0.313. The van der Waals surface area contributed by atoms with Gasteiger partial charge in [-0.3, -0.25) is 19.5 Å². The van der Waals surface area contributed by atoms with Gasteiger partial charge in [-0.25, -0.2) is 12.7 Å². The van der Waals surface area contributed by atoms with Gasteiger partial charge in [-0.05, 0) is 42.3 Å². The Kier molecular flexibility index (Phi) is 9.19. The van der Waals surface area contributed by atoms with Crippen LogP contribution < -0.4 is 0 Å². The molecule has 0 radical (unpaired) electrons. The molecule has 1 N–H and O–H groups in total. The number of Topliss-reactive ketones (excluding diaryl/α,β-unsaturated/α-hetero) is 1. The van der Waals surface area contributed by atoms with Crippen molar-refractivity contribution >= 4 is 27.5 Å². The van der Waals surface area contributed by atoms with E-state index < -0.39 is 27.8 Å². The highest BCUT2D eigenvalue weighted by Crippen LogP contribution is 2.39. The Hall–Kier alpha value is -3.12. The first-order chi connectivity index (χ1) is 17.2. The van der Waals surface area contributed by atoms with Crippen LogP contribution in [0, 0.1) is 0 Å². The lowest BCUT2D eigenvalue weighted by Gasteiger charge is -2.29. The summed E-state index contributed by atoms with van der Waals surface area (Å²) in [7, 11) is -0.797. The van der Waals surface area contributed by atoms with E-state index in [2.05, 4.69) is 9.88 Å². The molecule has 0 spiro atoms. The second-order valence-corrected chi connectivity index (χ2v) is 11.1. The van der Waals surface area contributed by atoms with E-state index in [1.54, 1.807) is 24.5 Å². The lowest BCUT2D eigenvalue weighted by Crippen LogP contribution is -2.39. The van der Waals surface area contributed by atoms with E-state index in [1.807, 2.05) is 0 Å². The highest BCUT2D eigenvalue weighted by molar-refractivity contribution is 7.89. The summed E-state index contributed by atoms with van der Waals surface area (Å²) in [6.45, 7) is 4.09. The summed E-state index contributed by atoms with van der Waals surface area (Å²) in [6.07, 6.45) is 3.82. The maximum absolute atomic E-state index is 13.1. The van der Waals surface area contributed by atoms with Crippen molar-refractivity contribution in [2.75, 3.05) is 53.5 Å². The number of aromatic nitrogens is 1. The highest BCUT2D eigenvalue weighted by Gasteiger charge is 2.46. The van der Waals surface area contributed by atoms with Crippen molar-refractivity contribution in [3.63, 3.8) is 0 Å². The molecule has 1 atom stereocenters.